The first kappa shape index (κ1) is 16.8. The third-order valence-electron chi connectivity index (χ3n) is 3.88. The van der Waals surface area contributed by atoms with Crippen LogP contribution in [0.2, 0.25) is 0 Å². The molecule has 22 heavy (non-hydrogen) atoms. The molecule has 1 aliphatic heterocycles. The van der Waals surface area contributed by atoms with Crippen molar-refractivity contribution in [1.82, 2.24) is 10.2 Å². The lowest BCUT2D eigenvalue weighted by molar-refractivity contribution is -0.126. The molecular weight excluding hydrogens is 280 g/mol. The van der Waals surface area contributed by atoms with Crippen molar-refractivity contribution in [3.8, 4) is 5.75 Å². The molecule has 1 aliphatic rings. The highest BCUT2D eigenvalue weighted by Gasteiger charge is 2.26. The predicted molar refractivity (Wildman–Crippen MR) is 85.8 cm³/mol. The summed E-state index contributed by atoms with van der Waals surface area (Å²) >= 11 is 0. The maximum absolute atomic E-state index is 11.9. The molecule has 5 heteroatoms. The van der Waals surface area contributed by atoms with Gasteiger partial charge in [0.2, 0.25) is 5.91 Å². The second-order valence-electron chi connectivity index (χ2n) is 5.77. The standard InChI is InChI=1S/C17H26N2O3/c1-2-18-17(21)14-7-6-10-19(11-14)12-15(20)13-22-16-8-4-3-5-9-16/h3-5,8-9,14-15,20H,2,6-7,10-13H2,1H3,(H,18,21). The zero-order valence-electron chi connectivity index (χ0n) is 13.2. The Morgan fingerprint density at radius 1 is 1.45 bits per heavy atom. The van der Waals surface area contributed by atoms with Crippen LogP contribution in [0.25, 0.3) is 0 Å². The van der Waals surface area contributed by atoms with Crippen LogP contribution >= 0.6 is 0 Å². The number of para-hydroxylation sites is 1. The normalized spacial score (nSPS) is 20.4. The minimum absolute atomic E-state index is 0.0379. The molecule has 1 heterocycles. The van der Waals surface area contributed by atoms with Gasteiger partial charge in [0.1, 0.15) is 18.5 Å². The number of likely N-dealkylation sites (tertiary alicyclic amines) is 1. The first-order chi connectivity index (χ1) is 10.7. The van der Waals surface area contributed by atoms with Gasteiger partial charge in [-0.3, -0.25) is 9.69 Å². The van der Waals surface area contributed by atoms with E-state index in [0.717, 1.165) is 25.1 Å². The van der Waals surface area contributed by atoms with Crippen LogP contribution in [0.1, 0.15) is 19.8 Å². The minimum Gasteiger partial charge on any atom is -0.491 e. The number of hydrogen-bond donors (Lipinski definition) is 2. The largest absolute Gasteiger partial charge is 0.491 e. The van der Waals surface area contributed by atoms with Gasteiger partial charge < -0.3 is 15.2 Å². The number of β-amino-alcohol motifs (C(OH)–C–C–N with tert-alkyl or cyclic N) is 1. The van der Waals surface area contributed by atoms with E-state index in [4.69, 9.17) is 4.74 Å². The second kappa shape index (κ2) is 8.76. The Bertz CT molecular complexity index is 452. The van der Waals surface area contributed by atoms with E-state index >= 15 is 0 Å². The average Bonchev–Trinajstić information content (AvgIpc) is 2.54. The summed E-state index contributed by atoms with van der Waals surface area (Å²) in [6.45, 7) is 5.06. The van der Waals surface area contributed by atoms with E-state index in [1.807, 2.05) is 37.3 Å². The third-order valence-corrected chi connectivity index (χ3v) is 3.88. The molecule has 0 saturated carbocycles. The summed E-state index contributed by atoms with van der Waals surface area (Å²) in [5, 5.41) is 13.0. The SMILES string of the molecule is CCNC(=O)C1CCCN(CC(O)COc2ccccc2)C1. The molecular formula is C17H26N2O3. The fourth-order valence-electron chi connectivity index (χ4n) is 2.81. The number of carbonyl (C=O) groups excluding carboxylic acids is 1. The molecule has 2 unspecified atom stereocenters. The van der Waals surface area contributed by atoms with E-state index in [1.54, 1.807) is 0 Å². The van der Waals surface area contributed by atoms with Gasteiger partial charge in [-0.1, -0.05) is 18.2 Å². The van der Waals surface area contributed by atoms with Crippen LogP contribution in [0, 0.1) is 5.92 Å². The van der Waals surface area contributed by atoms with E-state index in [0.29, 0.717) is 19.6 Å². The third kappa shape index (κ3) is 5.31. The summed E-state index contributed by atoms with van der Waals surface area (Å²) in [5.41, 5.74) is 0. The highest BCUT2D eigenvalue weighted by Crippen LogP contribution is 2.17. The molecule has 2 N–H and O–H groups in total. The number of ether oxygens (including phenoxy) is 1. The smallest absolute Gasteiger partial charge is 0.224 e. The Balaban J connectivity index is 1.73. The number of benzene rings is 1. The van der Waals surface area contributed by atoms with E-state index in [1.165, 1.54) is 0 Å². The van der Waals surface area contributed by atoms with Crippen LogP contribution in [0.5, 0.6) is 5.75 Å². The van der Waals surface area contributed by atoms with Crippen molar-refractivity contribution in [2.45, 2.75) is 25.9 Å². The number of amides is 1. The Hall–Kier alpha value is -1.59. The van der Waals surface area contributed by atoms with Crippen LogP contribution in [0.4, 0.5) is 0 Å². The Labute approximate surface area is 132 Å². The zero-order valence-corrected chi connectivity index (χ0v) is 13.2. The Morgan fingerprint density at radius 2 is 2.23 bits per heavy atom. The van der Waals surface area contributed by atoms with Gasteiger partial charge in [0.25, 0.3) is 0 Å². The number of hydrogen-bond acceptors (Lipinski definition) is 4. The molecule has 0 radical (unpaired) electrons. The van der Waals surface area contributed by atoms with Gasteiger partial charge in [-0.25, -0.2) is 0 Å². The molecule has 1 amide bonds. The Morgan fingerprint density at radius 3 is 2.95 bits per heavy atom. The van der Waals surface area contributed by atoms with Gasteiger partial charge in [-0.15, -0.1) is 0 Å². The summed E-state index contributed by atoms with van der Waals surface area (Å²) in [6, 6.07) is 9.49. The van der Waals surface area contributed by atoms with Crippen molar-refractivity contribution in [3.63, 3.8) is 0 Å². The average molecular weight is 306 g/mol. The predicted octanol–water partition coefficient (Wildman–Crippen LogP) is 1.27. The topological polar surface area (TPSA) is 61.8 Å². The molecule has 122 valence electrons. The quantitative estimate of drug-likeness (QED) is 0.796. The Kier molecular flexibility index (Phi) is 6.68. The molecule has 0 bridgehead atoms. The molecule has 0 aromatic heterocycles. The summed E-state index contributed by atoms with van der Waals surface area (Å²) in [4.78, 5) is 14.1. The van der Waals surface area contributed by atoms with Crippen LogP contribution in [-0.4, -0.2) is 54.8 Å². The van der Waals surface area contributed by atoms with Crippen molar-refractivity contribution in [3.05, 3.63) is 30.3 Å². The summed E-state index contributed by atoms with van der Waals surface area (Å²) in [6.07, 6.45) is 1.38. The van der Waals surface area contributed by atoms with Crippen molar-refractivity contribution in [2.75, 3.05) is 32.8 Å². The molecule has 1 saturated heterocycles. The number of carbonyl (C=O) groups is 1. The number of nitrogens with one attached hydrogen (secondary N) is 1. The van der Waals surface area contributed by atoms with Gasteiger partial charge in [0.05, 0.1) is 5.92 Å². The molecule has 1 aromatic rings. The highest BCUT2D eigenvalue weighted by molar-refractivity contribution is 5.78. The zero-order chi connectivity index (χ0) is 15.8. The number of rotatable bonds is 7. The van der Waals surface area contributed by atoms with Crippen molar-refractivity contribution < 1.29 is 14.6 Å². The molecule has 2 atom stereocenters. The van der Waals surface area contributed by atoms with E-state index in [9.17, 15) is 9.90 Å². The van der Waals surface area contributed by atoms with E-state index in [-0.39, 0.29) is 18.4 Å². The monoisotopic (exact) mass is 306 g/mol. The lowest BCUT2D eigenvalue weighted by Gasteiger charge is -2.33. The van der Waals surface area contributed by atoms with Crippen molar-refractivity contribution in [2.24, 2.45) is 5.92 Å². The van der Waals surface area contributed by atoms with Crippen molar-refractivity contribution in [1.29, 1.82) is 0 Å². The van der Waals surface area contributed by atoms with Gasteiger partial charge in [-0.05, 0) is 38.4 Å². The van der Waals surface area contributed by atoms with Crippen LogP contribution in [0.15, 0.2) is 30.3 Å². The molecule has 0 aliphatic carbocycles. The van der Waals surface area contributed by atoms with Gasteiger partial charge in [-0.2, -0.15) is 0 Å². The summed E-state index contributed by atoms with van der Waals surface area (Å²) in [5.74, 6) is 0.929. The molecule has 1 fully saturated rings. The van der Waals surface area contributed by atoms with Crippen LogP contribution in [-0.2, 0) is 4.79 Å². The molecule has 5 nitrogen and oxygen atoms in total. The van der Waals surface area contributed by atoms with Gasteiger partial charge >= 0.3 is 0 Å². The maximum atomic E-state index is 11.9. The maximum Gasteiger partial charge on any atom is 0.224 e. The number of piperidine rings is 1. The van der Waals surface area contributed by atoms with E-state index < -0.39 is 6.10 Å². The van der Waals surface area contributed by atoms with Gasteiger partial charge in [0, 0.05) is 19.6 Å². The van der Waals surface area contributed by atoms with Crippen LogP contribution < -0.4 is 10.1 Å². The van der Waals surface area contributed by atoms with Gasteiger partial charge in [0.15, 0.2) is 0 Å². The summed E-state index contributed by atoms with van der Waals surface area (Å²) in [7, 11) is 0. The van der Waals surface area contributed by atoms with E-state index in [2.05, 4.69) is 10.2 Å². The second-order valence-corrected chi connectivity index (χ2v) is 5.77. The lowest BCUT2D eigenvalue weighted by Crippen LogP contribution is -2.46. The molecule has 2 rings (SSSR count). The number of aliphatic hydroxyl groups excluding tert-OH is 1. The lowest BCUT2D eigenvalue weighted by atomic mass is 9.97. The number of aliphatic hydroxyl groups is 1. The fourth-order valence-corrected chi connectivity index (χ4v) is 2.81. The fraction of sp³-hybridized carbons (Fsp3) is 0.588. The minimum atomic E-state index is -0.548. The summed E-state index contributed by atoms with van der Waals surface area (Å²) < 4.78 is 5.57. The van der Waals surface area contributed by atoms with Crippen LogP contribution in [0.3, 0.4) is 0 Å². The number of nitrogens with zero attached hydrogens (tertiary/aromatic N) is 1. The van der Waals surface area contributed by atoms with Crippen molar-refractivity contribution >= 4 is 5.91 Å². The highest BCUT2D eigenvalue weighted by atomic mass is 16.5. The first-order valence-electron chi connectivity index (χ1n) is 8.05. The first-order valence-corrected chi connectivity index (χ1v) is 8.05. The molecule has 1 aromatic carbocycles. The molecule has 0 spiro atoms.